The normalized spacial score (nSPS) is 18.1. The van der Waals surface area contributed by atoms with Gasteiger partial charge in [0.1, 0.15) is 0 Å². The third-order valence-electron chi connectivity index (χ3n) is 8.02. The van der Waals surface area contributed by atoms with Crippen molar-refractivity contribution in [2.45, 2.75) is 0 Å². The van der Waals surface area contributed by atoms with Crippen molar-refractivity contribution < 1.29 is 16.5 Å². The molecular formula is C36H30Cl2O4Si4. The van der Waals surface area contributed by atoms with E-state index in [0.29, 0.717) is 0 Å². The first kappa shape index (κ1) is 31.2. The van der Waals surface area contributed by atoms with Gasteiger partial charge in [-0.25, -0.2) is 0 Å². The zero-order valence-corrected chi connectivity index (χ0v) is 30.2. The van der Waals surface area contributed by atoms with E-state index in [2.05, 4.69) is 24.3 Å². The van der Waals surface area contributed by atoms with E-state index in [9.17, 15) is 0 Å². The fraction of sp³-hybridized carbons (Fsp3) is 0. The Balaban J connectivity index is 1.62. The molecule has 228 valence electrons. The van der Waals surface area contributed by atoms with Gasteiger partial charge in [-0.2, -0.15) is 0 Å². The highest BCUT2D eigenvalue weighted by atomic mass is 35.7. The van der Waals surface area contributed by atoms with Gasteiger partial charge >= 0.3 is 32.9 Å². The molecule has 0 spiro atoms. The van der Waals surface area contributed by atoms with Crippen LogP contribution in [0.1, 0.15) is 0 Å². The second-order valence-electron chi connectivity index (χ2n) is 10.9. The van der Waals surface area contributed by atoms with E-state index in [1.165, 1.54) is 0 Å². The van der Waals surface area contributed by atoms with Gasteiger partial charge < -0.3 is 16.5 Å². The summed E-state index contributed by atoms with van der Waals surface area (Å²) in [7, 11) is -15.5. The standard InChI is InChI=1S/C36H30Cl2O4Si4/c37-46(38)41-44(33-23-11-3-12-24-33,34-25-13-4-14-26-34)39-43(31-19-7-1-8-20-31,32-21-9-2-10-22-32)40-45(42-46,35-27-15-5-16-28-35)36-29-17-6-18-30-36/h1-30H. The van der Waals surface area contributed by atoms with Gasteiger partial charge in [0.05, 0.1) is 0 Å². The summed E-state index contributed by atoms with van der Waals surface area (Å²) in [6.07, 6.45) is 0. The molecule has 7 rings (SSSR count). The maximum absolute atomic E-state index is 7.90. The summed E-state index contributed by atoms with van der Waals surface area (Å²) in [6, 6.07) is 60.3. The summed E-state index contributed by atoms with van der Waals surface area (Å²) in [5, 5.41) is 5.24. The molecule has 1 heterocycles. The third-order valence-corrected chi connectivity index (χ3v) is 26.2. The predicted molar refractivity (Wildman–Crippen MR) is 196 cm³/mol. The predicted octanol–water partition coefficient (Wildman–Crippen LogP) is 4.75. The van der Waals surface area contributed by atoms with Crippen LogP contribution in [0, 0.1) is 0 Å². The Morgan fingerprint density at radius 3 is 0.630 bits per heavy atom. The average molecular weight is 710 g/mol. The topological polar surface area (TPSA) is 36.9 Å². The van der Waals surface area contributed by atoms with Crippen LogP contribution in [0.25, 0.3) is 0 Å². The zero-order chi connectivity index (χ0) is 31.5. The summed E-state index contributed by atoms with van der Waals surface area (Å²) < 4.78 is 30.2. The Morgan fingerprint density at radius 2 is 0.435 bits per heavy atom. The van der Waals surface area contributed by atoms with E-state index in [0.717, 1.165) is 31.1 Å². The quantitative estimate of drug-likeness (QED) is 0.185. The number of hydrogen-bond acceptors (Lipinski definition) is 4. The van der Waals surface area contributed by atoms with Gasteiger partial charge in [-0.1, -0.05) is 204 Å². The van der Waals surface area contributed by atoms with E-state index in [1.807, 2.05) is 158 Å². The molecule has 0 saturated carbocycles. The van der Waals surface area contributed by atoms with Crippen LogP contribution in [0.2, 0.25) is 0 Å². The lowest BCUT2D eigenvalue weighted by molar-refractivity contribution is 0.276. The Hall–Kier alpha value is -3.39. The molecule has 6 aromatic carbocycles. The maximum atomic E-state index is 7.90. The first-order valence-corrected chi connectivity index (χ1v) is 24.3. The Labute approximate surface area is 283 Å². The Kier molecular flexibility index (Phi) is 8.83. The highest BCUT2D eigenvalue weighted by Crippen LogP contribution is 2.35. The third kappa shape index (κ3) is 5.82. The molecule has 0 bridgehead atoms. The summed E-state index contributed by atoms with van der Waals surface area (Å²) >= 11 is 14.8. The van der Waals surface area contributed by atoms with E-state index in [1.54, 1.807) is 0 Å². The summed E-state index contributed by atoms with van der Waals surface area (Å²) in [4.78, 5) is 0. The average Bonchev–Trinajstić information content (AvgIpc) is 3.12. The number of halogens is 2. The van der Waals surface area contributed by atoms with Crippen LogP contribution < -0.4 is 31.1 Å². The van der Waals surface area contributed by atoms with Gasteiger partial charge in [0.2, 0.25) is 0 Å². The molecule has 0 atom stereocenters. The molecule has 1 aliphatic rings. The Morgan fingerprint density at radius 1 is 0.261 bits per heavy atom. The van der Waals surface area contributed by atoms with Crippen LogP contribution >= 0.6 is 22.2 Å². The van der Waals surface area contributed by atoms with Gasteiger partial charge in [-0.15, -0.1) is 0 Å². The second kappa shape index (κ2) is 13.0. The van der Waals surface area contributed by atoms with E-state index in [-0.39, 0.29) is 0 Å². The molecule has 0 aliphatic carbocycles. The molecule has 0 radical (unpaired) electrons. The molecule has 10 heteroatoms. The molecule has 1 saturated heterocycles. The van der Waals surface area contributed by atoms with Gasteiger partial charge in [0.15, 0.2) is 0 Å². The number of benzene rings is 6. The lowest BCUT2D eigenvalue weighted by atomic mass is 10.4. The van der Waals surface area contributed by atoms with Crippen molar-refractivity contribution in [3.05, 3.63) is 182 Å². The van der Waals surface area contributed by atoms with Crippen molar-refractivity contribution in [2.24, 2.45) is 0 Å². The smallest absolute Gasteiger partial charge is 0.402 e. The maximum Gasteiger partial charge on any atom is 0.534 e. The van der Waals surface area contributed by atoms with Gasteiger partial charge in [-0.3, -0.25) is 0 Å². The highest BCUT2D eigenvalue weighted by Gasteiger charge is 2.66. The summed E-state index contributed by atoms with van der Waals surface area (Å²) in [5.74, 6) is 0. The van der Waals surface area contributed by atoms with Gasteiger partial charge in [0, 0.05) is 0 Å². The molecule has 46 heavy (non-hydrogen) atoms. The van der Waals surface area contributed by atoms with Crippen LogP contribution in [0.4, 0.5) is 0 Å². The first-order chi connectivity index (χ1) is 22.5. The molecule has 4 nitrogen and oxygen atoms in total. The van der Waals surface area contributed by atoms with E-state index >= 15 is 0 Å². The summed E-state index contributed by atoms with van der Waals surface area (Å²) in [5.41, 5.74) is 0. The molecule has 1 aliphatic heterocycles. The minimum absolute atomic E-state index is 0.851. The molecule has 0 N–H and O–H groups in total. The first-order valence-electron chi connectivity index (χ1n) is 15.0. The van der Waals surface area contributed by atoms with Crippen LogP contribution in [-0.2, 0) is 16.5 Å². The minimum Gasteiger partial charge on any atom is -0.402 e. The lowest BCUT2D eigenvalue weighted by Gasteiger charge is -2.50. The van der Waals surface area contributed by atoms with Crippen molar-refractivity contribution in [3.8, 4) is 0 Å². The number of hydrogen-bond donors (Lipinski definition) is 0. The highest BCUT2D eigenvalue weighted by molar-refractivity contribution is 7.43. The van der Waals surface area contributed by atoms with Crippen LogP contribution in [-0.4, -0.2) is 32.9 Å². The fourth-order valence-corrected chi connectivity index (χ4v) is 28.4. The van der Waals surface area contributed by atoms with Crippen molar-refractivity contribution >= 4 is 86.1 Å². The monoisotopic (exact) mass is 708 g/mol. The molecular weight excluding hydrogens is 680 g/mol. The second-order valence-corrected chi connectivity index (χ2v) is 25.8. The van der Waals surface area contributed by atoms with E-state index < -0.39 is 32.9 Å². The van der Waals surface area contributed by atoms with Crippen LogP contribution in [0.3, 0.4) is 0 Å². The van der Waals surface area contributed by atoms with Gasteiger partial charge in [-0.05, 0) is 31.1 Å². The molecule has 0 aromatic heterocycles. The fourth-order valence-electron chi connectivity index (χ4n) is 5.98. The number of rotatable bonds is 6. The molecule has 6 aromatic rings. The van der Waals surface area contributed by atoms with Gasteiger partial charge in [0.25, 0.3) is 0 Å². The van der Waals surface area contributed by atoms with Crippen LogP contribution in [0.5, 0.6) is 0 Å². The van der Waals surface area contributed by atoms with E-state index in [4.69, 9.17) is 38.6 Å². The minimum atomic E-state index is -4.10. The SMILES string of the molecule is Cl[Si]1(Cl)O[Si](c2ccccc2)(c2ccccc2)O[Si](c2ccccc2)(c2ccccc2)O[Si](c2ccccc2)(c2ccccc2)O1. The zero-order valence-electron chi connectivity index (χ0n) is 24.7. The Bertz CT molecular complexity index is 1660. The largest absolute Gasteiger partial charge is 0.534 e. The molecule has 1 fully saturated rings. The van der Waals surface area contributed by atoms with Crippen molar-refractivity contribution in [1.82, 2.24) is 0 Å². The van der Waals surface area contributed by atoms with Crippen LogP contribution in [0.15, 0.2) is 182 Å². The molecule has 0 amide bonds. The summed E-state index contributed by atoms with van der Waals surface area (Å²) in [6.45, 7) is 0. The van der Waals surface area contributed by atoms with Crippen molar-refractivity contribution in [1.29, 1.82) is 0 Å². The van der Waals surface area contributed by atoms with Crippen molar-refractivity contribution in [2.75, 3.05) is 0 Å². The van der Waals surface area contributed by atoms with Crippen molar-refractivity contribution in [3.63, 3.8) is 0 Å². The molecule has 0 unspecified atom stereocenters. The lowest BCUT2D eigenvalue weighted by Crippen LogP contribution is -2.84.